The van der Waals surface area contributed by atoms with E-state index in [4.69, 9.17) is 4.74 Å². The SMILES string of the molecule is CC[C@@H](C)C[C@@H](C)/C=C/[C@@H]1C=C[C@@H](O)[C@H](O)[C@]12C(=O)OC(C)(O)[C@@H]2O. The predicted octanol–water partition coefficient (Wildman–Crippen LogP) is 1.14. The van der Waals surface area contributed by atoms with E-state index in [-0.39, 0.29) is 5.92 Å². The van der Waals surface area contributed by atoms with E-state index in [2.05, 4.69) is 20.8 Å². The minimum Gasteiger partial charge on any atom is -0.430 e. The van der Waals surface area contributed by atoms with E-state index in [0.717, 1.165) is 12.8 Å². The van der Waals surface area contributed by atoms with Gasteiger partial charge in [-0.3, -0.25) is 4.79 Å². The molecule has 6 heteroatoms. The fourth-order valence-electron chi connectivity index (χ4n) is 3.88. The quantitative estimate of drug-likeness (QED) is 0.436. The van der Waals surface area contributed by atoms with Crippen molar-refractivity contribution in [3.05, 3.63) is 24.3 Å². The van der Waals surface area contributed by atoms with Crippen LogP contribution in [-0.2, 0) is 9.53 Å². The largest absolute Gasteiger partial charge is 0.430 e. The minimum absolute atomic E-state index is 0.250. The number of aliphatic hydroxyl groups is 4. The molecule has 4 N–H and O–H groups in total. The molecule has 1 unspecified atom stereocenters. The summed E-state index contributed by atoms with van der Waals surface area (Å²) in [5.41, 5.74) is -1.83. The molecule has 0 amide bonds. The monoisotopic (exact) mass is 354 g/mol. The van der Waals surface area contributed by atoms with Crippen molar-refractivity contribution in [2.45, 2.75) is 64.6 Å². The Morgan fingerprint density at radius 3 is 2.44 bits per heavy atom. The Labute approximate surface area is 148 Å². The van der Waals surface area contributed by atoms with Gasteiger partial charge in [-0.1, -0.05) is 51.5 Å². The molecule has 2 rings (SSSR count). The second-order valence-electron chi connectivity index (χ2n) is 7.74. The molecule has 2 aliphatic rings. The maximum absolute atomic E-state index is 12.5. The number of esters is 1. The highest BCUT2D eigenvalue weighted by atomic mass is 16.7. The zero-order chi connectivity index (χ0) is 19.0. The van der Waals surface area contributed by atoms with Crippen molar-refractivity contribution < 1.29 is 30.0 Å². The van der Waals surface area contributed by atoms with Gasteiger partial charge in [0.15, 0.2) is 0 Å². The lowest BCUT2D eigenvalue weighted by Crippen LogP contribution is -2.59. The Morgan fingerprint density at radius 1 is 1.28 bits per heavy atom. The highest BCUT2D eigenvalue weighted by Gasteiger charge is 2.70. The van der Waals surface area contributed by atoms with Crippen molar-refractivity contribution in [2.75, 3.05) is 0 Å². The molecule has 1 fully saturated rings. The van der Waals surface area contributed by atoms with Gasteiger partial charge in [0.2, 0.25) is 5.79 Å². The van der Waals surface area contributed by atoms with Gasteiger partial charge in [0, 0.05) is 12.8 Å². The molecule has 1 saturated heterocycles. The summed E-state index contributed by atoms with van der Waals surface area (Å²) in [6, 6.07) is 0. The summed E-state index contributed by atoms with van der Waals surface area (Å²) in [5, 5.41) is 41.2. The fraction of sp³-hybridized carbons (Fsp3) is 0.737. The molecule has 1 aliphatic carbocycles. The third-order valence-electron chi connectivity index (χ3n) is 5.61. The van der Waals surface area contributed by atoms with Crippen molar-refractivity contribution in [2.24, 2.45) is 23.2 Å². The Hall–Kier alpha value is -1.21. The van der Waals surface area contributed by atoms with Gasteiger partial charge in [0.05, 0.1) is 6.10 Å². The van der Waals surface area contributed by atoms with E-state index < -0.39 is 41.4 Å². The summed E-state index contributed by atoms with van der Waals surface area (Å²) < 4.78 is 4.92. The zero-order valence-corrected chi connectivity index (χ0v) is 15.3. The lowest BCUT2D eigenvalue weighted by Gasteiger charge is -2.42. The average Bonchev–Trinajstić information content (AvgIpc) is 2.71. The van der Waals surface area contributed by atoms with E-state index in [1.807, 2.05) is 6.08 Å². The molecule has 6 nitrogen and oxygen atoms in total. The number of carbonyl (C=O) groups is 1. The van der Waals surface area contributed by atoms with Crippen molar-refractivity contribution in [3.63, 3.8) is 0 Å². The zero-order valence-electron chi connectivity index (χ0n) is 15.3. The molecule has 0 radical (unpaired) electrons. The van der Waals surface area contributed by atoms with Crippen LogP contribution in [-0.4, -0.2) is 50.5 Å². The van der Waals surface area contributed by atoms with Crippen molar-refractivity contribution in [1.82, 2.24) is 0 Å². The van der Waals surface area contributed by atoms with E-state index >= 15 is 0 Å². The lowest BCUT2D eigenvalue weighted by atomic mass is 9.62. The first-order chi connectivity index (χ1) is 11.6. The first-order valence-corrected chi connectivity index (χ1v) is 8.94. The van der Waals surface area contributed by atoms with Crippen molar-refractivity contribution in [3.8, 4) is 0 Å². The van der Waals surface area contributed by atoms with Gasteiger partial charge in [-0.25, -0.2) is 0 Å². The first-order valence-electron chi connectivity index (χ1n) is 8.94. The van der Waals surface area contributed by atoms with Gasteiger partial charge in [-0.05, 0) is 18.3 Å². The molecule has 1 heterocycles. The van der Waals surface area contributed by atoms with Crippen LogP contribution < -0.4 is 0 Å². The van der Waals surface area contributed by atoms with Crippen LogP contribution in [0.25, 0.3) is 0 Å². The smallest absolute Gasteiger partial charge is 0.321 e. The van der Waals surface area contributed by atoms with E-state index in [9.17, 15) is 25.2 Å². The Kier molecular flexibility index (Phi) is 5.78. The number of hydrogen-bond acceptors (Lipinski definition) is 6. The first kappa shape index (κ1) is 20.1. The summed E-state index contributed by atoms with van der Waals surface area (Å²) in [7, 11) is 0. The predicted molar refractivity (Wildman–Crippen MR) is 92.2 cm³/mol. The number of aliphatic hydroxyl groups excluding tert-OH is 3. The van der Waals surface area contributed by atoms with Gasteiger partial charge in [0.1, 0.15) is 17.6 Å². The standard InChI is InChI=1S/C19H30O6/c1-5-11(2)10-12(3)6-7-13-8-9-14(20)15(21)19(13)16(22)18(4,24)25-17(19)23/h6-9,11-16,20-22,24H,5,10H2,1-4H3/b7-6+/t11-,12+,13-,14-,15+,16+,18?,19-/m1/s1. The number of carbonyl (C=O) groups excluding carboxylic acids is 1. The van der Waals surface area contributed by atoms with Crippen molar-refractivity contribution >= 4 is 5.97 Å². The number of rotatable bonds is 5. The van der Waals surface area contributed by atoms with Crippen LogP contribution in [0.3, 0.4) is 0 Å². The number of cyclic esters (lactones) is 1. The van der Waals surface area contributed by atoms with E-state index in [1.54, 1.807) is 12.2 Å². The molecule has 142 valence electrons. The number of hydrogen-bond donors (Lipinski definition) is 4. The summed E-state index contributed by atoms with van der Waals surface area (Å²) in [5.74, 6) is -2.91. The molecule has 25 heavy (non-hydrogen) atoms. The minimum atomic E-state index is -2.11. The van der Waals surface area contributed by atoms with Gasteiger partial charge in [0.25, 0.3) is 0 Å². The third-order valence-corrected chi connectivity index (χ3v) is 5.61. The molecule has 0 aromatic rings. The molecule has 0 aromatic carbocycles. The van der Waals surface area contributed by atoms with Crippen molar-refractivity contribution in [1.29, 1.82) is 0 Å². The normalized spacial score (nSPS) is 43.6. The highest BCUT2D eigenvalue weighted by Crippen LogP contribution is 2.51. The molecule has 0 saturated carbocycles. The van der Waals surface area contributed by atoms with Crippen LogP contribution >= 0.6 is 0 Å². The van der Waals surface area contributed by atoms with Gasteiger partial charge >= 0.3 is 5.97 Å². The van der Waals surface area contributed by atoms with E-state index in [0.29, 0.717) is 5.92 Å². The molecule has 1 aliphatic heterocycles. The van der Waals surface area contributed by atoms with Crippen LogP contribution in [0, 0.1) is 23.2 Å². The maximum atomic E-state index is 12.5. The van der Waals surface area contributed by atoms with Gasteiger partial charge < -0.3 is 25.2 Å². The molecule has 8 atom stereocenters. The van der Waals surface area contributed by atoms with E-state index in [1.165, 1.54) is 13.0 Å². The van der Waals surface area contributed by atoms with Crippen LogP contribution in [0.5, 0.6) is 0 Å². The topological polar surface area (TPSA) is 107 Å². The molecule has 0 bridgehead atoms. The van der Waals surface area contributed by atoms with Gasteiger partial charge in [-0.15, -0.1) is 0 Å². The summed E-state index contributed by atoms with van der Waals surface area (Å²) >= 11 is 0. The highest BCUT2D eigenvalue weighted by molar-refractivity contribution is 5.83. The summed E-state index contributed by atoms with van der Waals surface area (Å²) in [6.45, 7) is 7.53. The summed E-state index contributed by atoms with van der Waals surface area (Å²) in [4.78, 5) is 12.5. The van der Waals surface area contributed by atoms with Crippen LogP contribution in [0.4, 0.5) is 0 Å². The molecule has 0 aromatic heterocycles. The van der Waals surface area contributed by atoms with Gasteiger partial charge in [-0.2, -0.15) is 0 Å². The second kappa shape index (κ2) is 7.19. The molecule has 1 spiro atoms. The maximum Gasteiger partial charge on any atom is 0.321 e. The average molecular weight is 354 g/mol. The number of ether oxygens (including phenoxy) is 1. The van der Waals surface area contributed by atoms with Crippen LogP contribution in [0.1, 0.15) is 40.5 Å². The lowest BCUT2D eigenvalue weighted by molar-refractivity contribution is -0.209. The fourth-order valence-corrected chi connectivity index (χ4v) is 3.88. The molecular weight excluding hydrogens is 324 g/mol. The second-order valence-corrected chi connectivity index (χ2v) is 7.74. The molecular formula is C19H30O6. The Balaban J connectivity index is 2.35. The Bertz CT molecular complexity index is 554. The number of allylic oxidation sites excluding steroid dienone is 3. The Morgan fingerprint density at radius 2 is 1.92 bits per heavy atom. The summed E-state index contributed by atoms with van der Waals surface area (Å²) in [6.07, 6.45) is 4.17. The van der Waals surface area contributed by atoms with Crippen LogP contribution in [0.15, 0.2) is 24.3 Å². The third kappa shape index (κ3) is 3.40. The van der Waals surface area contributed by atoms with Crippen LogP contribution in [0.2, 0.25) is 0 Å².